The van der Waals surface area contributed by atoms with Gasteiger partial charge in [0.25, 0.3) is 0 Å². The minimum absolute atomic E-state index is 0.133. The quantitative estimate of drug-likeness (QED) is 0.599. The van der Waals surface area contributed by atoms with Gasteiger partial charge in [0.15, 0.2) is 0 Å². The Morgan fingerprint density at radius 1 is 1.33 bits per heavy atom. The Labute approximate surface area is 108 Å². The van der Waals surface area contributed by atoms with Gasteiger partial charge in [-0.05, 0) is 51.0 Å². The maximum absolute atomic E-state index is 11.7. The molecule has 0 heterocycles. The SMILES string of the molecule is CCOCCC[C@@H](C)OC(=O)c1ccc(O)cc1. The summed E-state index contributed by atoms with van der Waals surface area (Å²) in [6.45, 7) is 5.22. The molecule has 0 bridgehead atoms. The first-order valence-electron chi connectivity index (χ1n) is 6.21. The van der Waals surface area contributed by atoms with Crippen LogP contribution in [0.25, 0.3) is 0 Å². The van der Waals surface area contributed by atoms with Gasteiger partial charge in [-0.15, -0.1) is 0 Å². The Bertz CT molecular complexity index is 359. The average molecular weight is 252 g/mol. The van der Waals surface area contributed by atoms with Crippen molar-refractivity contribution < 1.29 is 19.4 Å². The average Bonchev–Trinajstić information content (AvgIpc) is 2.35. The molecular formula is C14H20O4. The Balaban J connectivity index is 2.33. The molecule has 0 spiro atoms. The summed E-state index contributed by atoms with van der Waals surface area (Å²) in [5.74, 6) is -0.227. The van der Waals surface area contributed by atoms with Crippen LogP contribution < -0.4 is 0 Å². The Morgan fingerprint density at radius 3 is 2.61 bits per heavy atom. The van der Waals surface area contributed by atoms with Gasteiger partial charge in [0.2, 0.25) is 0 Å². The molecule has 1 N–H and O–H groups in total. The molecule has 0 fully saturated rings. The van der Waals surface area contributed by atoms with E-state index >= 15 is 0 Å². The molecule has 0 aromatic heterocycles. The number of ether oxygens (including phenoxy) is 2. The lowest BCUT2D eigenvalue weighted by molar-refractivity contribution is 0.0297. The van der Waals surface area contributed by atoms with E-state index in [0.717, 1.165) is 12.8 Å². The molecule has 1 rings (SSSR count). The topological polar surface area (TPSA) is 55.8 Å². The van der Waals surface area contributed by atoms with Crippen LogP contribution in [0.4, 0.5) is 0 Å². The van der Waals surface area contributed by atoms with E-state index in [-0.39, 0.29) is 17.8 Å². The molecular weight excluding hydrogens is 232 g/mol. The normalized spacial score (nSPS) is 12.1. The molecule has 4 nitrogen and oxygen atoms in total. The lowest BCUT2D eigenvalue weighted by atomic mass is 10.2. The predicted molar refractivity (Wildman–Crippen MR) is 68.7 cm³/mol. The van der Waals surface area contributed by atoms with Gasteiger partial charge in [0.1, 0.15) is 5.75 Å². The number of carbonyl (C=O) groups is 1. The van der Waals surface area contributed by atoms with Gasteiger partial charge in [-0.3, -0.25) is 0 Å². The maximum atomic E-state index is 11.7. The molecule has 0 saturated carbocycles. The Kier molecular flexibility index (Phi) is 6.22. The van der Waals surface area contributed by atoms with Gasteiger partial charge in [0, 0.05) is 13.2 Å². The van der Waals surface area contributed by atoms with Crippen LogP contribution in [-0.4, -0.2) is 30.4 Å². The molecule has 18 heavy (non-hydrogen) atoms. The van der Waals surface area contributed by atoms with Crippen LogP contribution in [-0.2, 0) is 9.47 Å². The zero-order valence-corrected chi connectivity index (χ0v) is 10.9. The lowest BCUT2D eigenvalue weighted by Crippen LogP contribution is -2.15. The van der Waals surface area contributed by atoms with Gasteiger partial charge in [0.05, 0.1) is 11.7 Å². The van der Waals surface area contributed by atoms with E-state index in [1.165, 1.54) is 12.1 Å². The van der Waals surface area contributed by atoms with E-state index < -0.39 is 0 Å². The van der Waals surface area contributed by atoms with Crippen LogP contribution in [0.5, 0.6) is 5.75 Å². The van der Waals surface area contributed by atoms with Crippen molar-refractivity contribution >= 4 is 5.97 Å². The van der Waals surface area contributed by atoms with Crippen LogP contribution >= 0.6 is 0 Å². The highest BCUT2D eigenvalue weighted by Crippen LogP contribution is 2.12. The Morgan fingerprint density at radius 2 is 2.00 bits per heavy atom. The fourth-order valence-electron chi connectivity index (χ4n) is 1.52. The molecule has 1 atom stereocenters. The highest BCUT2D eigenvalue weighted by Gasteiger charge is 2.11. The summed E-state index contributed by atoms with van der Waals surface area (Å²) < 4.78 is 10.5. The summed E-state index contributed by atoms with van der Waals surface area (Å²) >= 11 is 0. The molecule has 0 amide bonds. The zero-order valence-electron chi connectivity index (χ0n) is 10.9. The van der Waals surface area contributed by atoms with Crippen molar-refractivity contribution in [2.24, 2.45) is 0 Å². The summed E-state index contributed by atoms with van der Waals surface area (Å²) in [4.78, 5) is 11.7. The number of aromatic hydroxyl groups is 1. The van der Waals surface area contributed by atoms with Gasteiger partial charge in [-0.25, -0.2) is 4.79 Å². The standard InChI is InChI=1S/C14H20O4/c1-3-17-10-4-5-11(2)18-14(16)12-6-8-13(15)9-7-12/h6-9,11,15H,3-5,10H2,1-2H3/t11-/m1/s1. The fraction of sp³-hybridized carbons (Fsp3) is 0.500. The third-order valence-electron chi connectivity index (χ3n) is 2.51. The summed E-state index contributed by atoms with van der Waals surface area (Å²) in [5.41, 5.74) is 0.449. The lowest BCUT2D eigenvalue weighted by Gasteiger charge is -2.13. The van der Waals surface area contributed by atoms with Crippen molar-refractivity contribution in [3.8, 4) is 5.75 Å². The van der Waals surface area contributed by atoms with Crippen molar-refractivity contribution in [2.75, 3.05) is 13.2 Å². The zero-order chi connectivity index (χ0) is 13.4. The van der Waals surface area contributed by atoms with Crippen LogP contribution in [0.15, 0.2) is 24.3 Å². The highest BCUT2D eigenvalue weighted by atomic mass is 16.5. The minimum atomic E-state index is -0.362. The maximum Gasteiger partial charge on any atom is 0.338 e. The second kappa shape index (κ2) is 7.71. The van der Waals surface area contributed by atoms with Crippen molar-refractivity contribution in [3.05, 3.63) is 29.8 Å². The molecule has 0 unspecified atom stereocenters. The monoisotopic (exact) mass is 252 g/mol. The number of phenols is 1. The van der Waals surface area contributed by atoms with E-state index in [1.807, 2.05) is 13.8 Å². The molecule has 0 aliphatic heterocycles. The first kappa shape index (κ1) is 14.5. The van der Waals surface area contributed by atoms with Gasteiger partial charge >= 0.3 is 5.97 Å². The molecule has 0 saturated heterocycles. The second-order valence-corrected chi connectivity index (χ2v) is 4.10. The smallest absolute Gasteiger partial charge is 0.338 e. The van der Waals surface area contributed by atoms with E-state index in [1.54, 1.807) is 12.1 Å². The van der Waals surface area contributed by atoms with Crippen molar-refractivity contribution in [3.63, 3.8) is 0 Å². The number of esters is 1. The Hall–Kier alpha value is -1.55. The number of carbonyl (C=O) groups excluding carboxylic acids is 1. The van der Waals surface area contributed by atoms with Crippen LogP contribution in [0.2, 0.25) is 0 Å². The van der Waals surface area contributed by atoms with E-state index in [4.69, 9.17) is 14.6 Å². The van der Waals surface area contributed by atoms with Gasteiger partial charge in [-0.1, -0.05) is 0 Å². The number of hydrogen-bond donors (Lipinski definition) is 1. The first-order chi connectivity index (χ1) is 8.63. The molecule has 1 aromatic carbocycles. The number of benzene rings is 1. The number of hydrogen-bond acceptors (Lipinski definition) is 4. The van der Waals surface area contributed by atoms with Crippen LogP contribution in [0.3, 0.4) is 0 Å². The fourth-order valence-corrected chi connectivity index (χ4v) is 1.52. The minimum Gasteiger partial charge on any atom is -0.508 e. The third kappa shape index (κ3) is 5.19. The summed E-state index contributed by atoms with van der Waals surface area (Å²) in [6.07, 6.45) is 1.52. The van der Waals surface area contributed by atoms with E-state index in [9.17, 15) is 4.79 Å². The van der Waals surface area contributed by atoms with Crippen molar-refractivity contribution in [1.82, 2.24) is 0 Å². The molecule has 100 valence electrons. The molecule has 0 radical (unpaired) electrons. The van der Waals surface area contributed by atoms with Gasteiger partial charge in [-0.2, -0.15) is 0 Å². The third-order valence-corrected chi connectivity index (χ3v) is 2.51. The van der Waals surface area contributed by atoms with Crippen LogP contribution in [0.1, 0.15) is 37.0 Å². The van der Waals surface area contributed by atoms with Crippen molar-refractivity contribution in [1.29, 1.82) is 0 Å². The summed E-state index contributed by atoms with van der Waals surface area (Å²) in [6, 6.07) is 6.03. The number of rotatable bonds is 7. The highest BCUT2D eigenvalue weighted by molar-refractivity contribution is 5.89. The van der Waals surface area contributed by atoms with Gasteiger partial charge < -0.3 is 14.6 Å². The summed E-state index contributed by atoms with van der Waals surface area (Å²) in [5, 5.41) is 9.12. The molecule has 1 aromatic rings. The largest absolute Gasteiger partial charge is 0.508 e. The van der Waals surface area contributed by atoms with E-state index in [2.05, 4.69) is 0 Å². The van der Waals surface area contributed by atoms with Crippen LogP contribution in [0, 0.1) is 0 Å². The van der Waals surface area contributed by atoms with Crippen molar-refractivity contribution in [2.45, 2.75) is 32.8 Å². The molecule has 0 aliphatic rings. The first-order valence-corrected chi connectivity index (χ1v) is 6.21. The summed E-state index contributed by atoms with van der Waals surface area (Å²) in [7, 11) is 0. The predicted octanol–water partition coefficient (Wildman–Crippen LogP) is 2.75. The molecule has 0 aliphatic carbocycles. The second-order valence-electron chi connectivity index (χ2n) is 4.10. The number of phenolic OH excluding ortho intramolecular Hbond substituents is 1. The molecule has 4 heteroatoms. The van der Waals surface area contributed by atoms with E-state index in [0.29, 0.717) is 18.8 Å².